The van der Waals surface area contributed by atoms with Crippen molar-refractivity contribution in [3.05, 3.63) is 29.8 Å². The van der Waals surface area contributed by atoms with Gasteiger partial charge in [0.25, 0.3) is 0 Å². The van der Waals surface area contributed by atoms with E-state index in [1.54, 1.807) is 48.3 Å². The summed E-state index contributed by atoms with van der Waals surface area (Å²) in [4.78, 5) is 0. The first-order chi connectivity index (χ1) is 7.86. The van der Waals surface area contributed by atoms with Crippen LogP contribution in [0.3, 0.4) is 0 Å². The van der Waals surface area contributed by atoms with Crippen LogP contribution in [0.25, 0.3) is 0 Å². The minimum atomic E-state index is 0.251. The number of ether oxygens (including phenoxy) is 1. The van der Waals surface area contributed by atoms with E-state index in [-0.39, 0.29) is 6.61 Å². The molecule has 0 atom stereocenters. The fourth-order valence-electron chi connectivity index (χ4n) is 0.924. The Kier molecular flexibility index (Phi) is 8.50. The molecule has 2 nitrogen and oxygen atoms in total. The Morgan fingerprint density at radius 2 is 1.81 bits per heavy atom. The van der Waals surface area contributed by atoms with Crippen LogP contribution in [0.4, 0.5) is 0 Å². The number of benzene rings is 1. The second kappa shape index (κ2) is 9.41. The third-order valence-electron chi connectivity index (χ3n) is 1.68. The maximum absolute atomic E-state index is 8.59. The molecular weight excluding hydrogens is 280 g/mol. The van der Waals surface area contributed by atoms with Gasteiger partial charge in [0.1, 0.15) is 5.75 Å². The molecule has 0 aliphatic rings. The molecule has 0 saturated heterocycles. The lowest BCUT2D eigenvalue weighted by Crippen LogP contribution is -1.83. The van der Waals surface area contributed by atoms with E-state index in [9.17, 15) is 0 Å². The third-order valence-corrected chi connectivity index (χ3v) is 8.06. The minimum Gasteiger partial charge on any atom is -0.497 e. The van der Waals surface area contributed by atoms with Gasteiger partial charge in [0.15, 0.2) is 0 Å². The van der Waals surface area contributed by atoms with Gasteiger partial charge in [-0.3, -0.25) is 0 Å². The molecule has 0 aromatic heterocycles. The van der Waals surface area contributed by atoms with Crippen LogP contribution in [0.1, 0.15) is 5.56 Å². The number of methoxy groups -OCH3 is 1. The summed E-state index contributed by atoms with van der Waals surface area (Å²) >= 11 is 0. The number of hydrogen-bond acceptors (Lipinski definition) is 6. The number of rotatable bonds is 8. The van der Waals surface area contributed by atoms with Crippen molar-refractivity contribution in [2.24, 2.45) is 0 Å². The SMILES string of the molecule is COc1ccc(CSSSSCCO)cc1. The van der Waals surface area contributed by atoms with E-state index in [1.165, 1.54) is 5.56 Å². The Balaban J connectivity index is 2.12. The first-order valence-electron chi connectivity index (χ1n) is 4.68. The molecule has 0 radical (unpaired) electrons. The Bertz CT molecular complexity index is 279. The molecule has 0 bridgehead atoms. The standard InChI is InChI=1S/C10H14O2S4/c1-12-10-4-2-9(3-5-10)8-14-16-15-13-7-6-11/h2-5,11H,6-8H2,1H3. The Hall–Kier alpha value is 0.380. The second-order valence-electron chi connectivity index (χ2n) is 2.79. The summed E-state index contributed by atoms with van der Waals surface area (Å²) in [6, 6.07) is 8.12. The van der Waals surface area contributed by atoms with Crippen LogP contribution >= 0.6 is 41.2 Å². The summed E-state index contributed by atoms with van der Waals surface area (Å²) in [5.74, 6) is 2.68. The highest BCUT2D eigenvalue weighted by molar-refractivity contribution is 9.26. The summed E-state index contributed by atoms with van der Waals surface area (Å²) in [5.41, 5.74) is 1.30. The molecule has 6 heteroatoms. The summed E-state index contributed by atoms with van der Waals surface area (Å²) in [7, 11) is 8.63. The molecule has 16 heavy (non-hydrogen) atoms. The number of hydrogen-bond donors (Lipinski definition) is 1. The lowest BCUT2D eigenvalue weighted by atomic mass is 10.2. The van der Waals surface area contributed by atoms with E-state index in [0.717, 1.165) is 17.3 Å². The van der Waals surface area contributed by atoms with Gasteiger partial charge in [-0.2, -0.15) is 0 Å². The Labute approximate surface area is 111 Å². The summed E-state index contributed by atoms with van der Waals surface area (Å²) in [6.07, 6.45) is 0. The minimum absolute atomic E-state index is 0.251. The lowest BCUT2D eigenvalue weighted by molar-refractivity contribution is 0.323. The molecule has 1 rings (SSSR count). The van der Waals surface area contributed by atoms with Gasteiger partial charge in [-0.15, -0.1) is 0 Å². The van der Waals surface area contributed by atoms with Crippen molar-refractivity contribution < 1.29 is 9.84 Å². The molecule has 0 saturated carbocycles. The molecule has 0 spiro atoms. The van der Waals surface area contributed by atoms with Crippen LogP contribution in [0.2, 0.25) is 0 Å². The highest BCUT2D eigenvalue weighted by Crippen LogP contribution is 2.44. The molecule has 1 N–H and O–H groups in total. The lowest BCUT2D eigenvalue weighted by Gasteiger charge is -2.02. The van der Waals surface area contributed by atoms with Crippen LogP contribution < -0.4 is 4.74 Å². The number of aliphatic hydroxyl groups excluding tert-OH is 1. The highest BCUT2D eigenvalue weighted by atomic mass is 33.7. The normalized spacial score (nSPS) is 10.4. The second-order valence-corrected chi connectivity index (χ2v) is 8.91. The molecule has 0 amide bonds. The fourth-order valence-corrected chi connectivity index (χ4v) is 6.61. The molecular formula is C10H14O2S4. The summed E-state index contributed by atoms with van der Waals surface area (Å²) in [5, 5.41) is 8.59. The maximum Gasteiger partial charge on any atom is 0.118 e. The van der Waals surface area contributed by atoms with Gasteiger partial charge in [0, 0.05) is 11.5 Å². The fraction of sp³-hybridized carbons (Fsp3) is 0.400. The Morgan fingerprint density at radius 3 is 2.44 bits per heavy atom. The van der Waals surface area contributed by atoms with Gasteiger partial charge < -0.3 is 9.84 Å². The van der Waals surface area contributed by atoms with Gasteiger partial charge in [-0.1, -0.05) is 33.7 Å². The first-order valence-corrected chi connectivity index (χ1v) is 9.84. The zero-order chi connectivity index (χ0) is 11.6. The summed E-state index contributed by atoms with van der Waals surface area (Å²) in [6.45, 7) is 0.251. The molecule has 0 fully saturated rings. The number of aliphatic hydroxyl groups is 1. The van der Waals surface area contributed by atoms with E-state index >= 15 is 0 Å². The Morgan fingerprint density at radius 1 is 1.12 bits per heavy atom. The van der Waals surface area contributed by atoms with Crippen molar-refractivity contribution in [1.29, 1.82) is 0 Å². The molecule has 0 heterocycles. The van der Waals surface area contributed by atoms with Crippen LogP contribution in [0.15, 0.2) is 24.3 Å². The molecule has 0 aliphatic carbocycles. The topological polar surface area (TPSA) is 29.5 Å². The van der Waals surface area contributed by atoms with Gasteiger partial charge in [-0.25, -0.2) is 0 Å². The largest absolute Gasteiger partial charge is 0.497 e. The van der Waals surface area contributed by atoms with E-state index in [2.05, 4.69) is 12.1 Å². The zero-order valence-electron chi connectivity index (χ0n) is 8.92. The van der Waals surface area contributed by atoms with Crippen molar-refractivity contribution in [2.75, 3.05) is 19.5 Å². The average Bonchev–Trinajstić information content (AvgIpc) is 2.34. The zero-order valence-corrected chi connectivity index (χ0v) is 12.2. The monoisotopic (exact) mass is 294 g/mol. The molecule has 0 aliphatic heterocycles. The van der Waals surface area contributed by atoms with Gasteiger partial charge in [-0.05, 0) is 37.3 Å². The predicted octanol–water partition coefficient (Wildman–Crippen LogP) is 3.87. The molecule has 0 unspecified atom stereocenters. The van der Waals surface area contributed by atoms with Crippen molar-refractivity contribution >= 4 is 41.2 Å². The van der Waals surface area contributed by atoms with Crippen molar-refractivity contribution in [3.63, 3.8) is 0 Å². The third kappa shape index (κ3) is 6.20. The van der Waals surface area contributed by atoms with Gasteiger partial charge in [0.05, 0.1) is 13.7 Å². The molecule has 1 aromatic rings. The van der Waals surface area contributed by atoms with Crippen molar-refractivity contribution in [1.82, 2.24) is 0 Å². The molecule has 1 aromatic carbocycles. The van der Waals surface area contributed by atoms with Crippen LogP contribution in [0, 0.1) is 0 Å². The van der Waals surface area contributed by atoms with E-state index in [1.807, 2.05) is 12.1 Å². The summed E-state index contributed by atoms with van der Waals surface area (Å²) < 4.78 is 5.10. The van der Waals surface area contributed by atoms with E-state index in [0.29, 0.717) is 0 Å². The van der Waals surface area contributed by atoms with Crippen LogP contribution in [0.5, 0.6) is 5.75 Å². The van der Waals surface area contributed by atoms with E-state index in [4.69, 9.17) is 9.84 Å². The quantitative estimate of drug-likeness (QED) is 0.578. The van der Waals surface area contributed by atoms with Crippen molar-refractivity contribution in [2.45, 2.75) is 5.75 Å². The maximum atomic E-state index is 8.59. The highest BCUT2D eigenvalue weighted by Gasteiger charge is 1.96. The van der Waals surface area contributed by atoms with Crippen LogP contribution in [-0.2, 0) is 5.75 Å². The molecule has 90 valence electrons. The predicted molar refractivity (Wildman–Crippen MR) is 79.0 cm³/mol. The first kappa shape index (κ1) is 14.4. The van der Waals surface area contributed by atoms with Gasteiger partial charge in [0.2, 0.25) is 0 Å². The average molecular weight is 294 g/mol. The van der Waals surface area contributed by atoms with Crippen LogP contribution in [-0.4, -0.2) is 24.6 Å². The van der Waals surface area contributed by atoms with E-state index < -0.39 is 0 Å². The smallest absolute Gasteiger partial charge is 0.118 e. The van der Waals surface area contributed by atoms with Gasteiger partial charge >= 0.3 is 0 Å². The van der Waals surface area contributed by atoms with Crippen molar-refractivity contribution in [3.8, 4) is 5.75 Å².